The molecule has 7 rings (SSSR count). The van der Waals surface area contributed by atoms with Gasteiger partial charge in [0.25, 0.3) is 0 Å². The number of imide groups is 1. The molecule has 7 nitrogen and oxygen atoms in total. The maximum Gasteiger partial charge on any atom is 0.234 e. The summed E-state index contributed by atoms with van der Waals surface area (Å²) in [6, 6.07) is 25.9. The fourth-order valence-corrected chi connectivity index (χ4v) is 8.43. The van der Waals surface area contributed by atoms with Crippen LogP contribution in [0.4, 0.5) is 5.82 Å². The first-order valence-corrected chi connectivity index (χ1v) is 15.5. The number of fused-ring (bicyclic) bond motifs is 5. The molecule has 2 aliphatic carbocycles. The fourth-order valence-electron chi connectivity index (χ4n) is 8.43. The van der Waals surface area contributed by atoms with E-state index in [-0.39, 0.29) is 17.6 Å². The number of likely N-dealkylation sites (tertiary alicyclic amines) is 1. The maximum atomic E-state index is 14.4. The van der Waals surface area contributed by atoms with Crippen molar-refractivity contribution in [3.05, 3.63) is 96.2 Å². The molecule has 2 amide bonds. The minimum absolute atomic E-state index is 0.00102. The van der Waals surface area contributed by atoms with Crippen molar-refractivity contribution in [2.45, 2.75) is 26.7 Å². The molecule has 7 heteroatoms. The van der Waals surface area contributed by atoms with Crippen LogP contribution in [-0.2, 0) is 14.4 Å². The molecule has 2 aromatic carbocycles. The highest BCUT2D eigenvalue weighted by atomic mass is 16.2. The Kier molecular flexibility index (Phi) is 6.81. The van der Waals surface area contributed by atoms with Crippen LogP contribution >= 0.6 is 0 Å². The van der Waals surface area contributed by atoms with Gasteiger partial charge in [-0.2, -0.15) is 0 Å². The molecule has 1 saturated carbocycles. The third-order valence-corrected chi connectivity index (χ3v) is 10.5. The van der Waals surface area contributed by atoms with Crippen molar-refractivity contribution in [2.75, 3.05) is 44.2 Å². The molecular formula is C36H38N4O3. The minimum Gasteiger partial charge on any atom is -0.354 e. The van der Waals surface area contributed by atoms with Gasteiger partial charge < -0.3 is 4.90 Å². The number of nitrogens with zero attached hydrogens (tertiary/aromatic N) is 4. The van der Waals surface area contributed by atoms with Crippen LogP contribution in [0.25, 0.3) is 11.1 Å². The van der Waals surface area contributed by atoms with Crippen LogP contribution in [0.5, 0.6) is 0 Å². The van der Waals surface area contributed by atoms with E-state index in [0.717, 1.165) is 73.7 Å². The average Bonchev–Trinajstić information content (AvgIpc) is 3.49. The summed E-state index contributed by atoms with van der Waals surface area (Å²) in [5.74, 6) is -0.675. The Morgan fingerprint density at radius 3 is 1.70 bits per heavy atom. The molecule has 0 N–H and O–H groups in total. The molecular weight excluding hydrogens is 536 g/mol. The van der Waals surface area contributed by atoms with Crippen LogP contribution < -0.4 is 4.90 Å². The molecule has 2 saturated heterocycles. The van der Waals surface area contributed by atoms with Gasteiger partial charge in [0.1, 0.15) is 5.82 Å². The first-order chi connectivity index (χ1) is 20.9. The Morgan fingerprint density at radius 1 is 0.674 bits per heavy atom. The molecule has 2 aliphatic heterocycles. The van der Waals surface area contributed by atoms with Crippen molar-refractivity contribution >= 4 is 34.6 Å². The van der Waals surface area contributed by atoms with Gasteiger partial charge in [-0.05, 0) is 67.6 Å². The van der Waals surface area contributed by atoms with Gasteiger partial charge in [0, 0.05) is 38.9 Å². The lowest BCUT2D eigenvalue weighted by Gasteiger charge is -2.35. The van der Waals surface area contributed by atoms with Crippen LogP contribution in [0.3, 0.4) is 0 Å². The Hall–Kier alpha value is -4.10. The van der Waals surface area contributed by atoms with Gasteiger partial charge in [-0.1, -0.05) is 66.7 Å². The Balaban J connectivity index is 1.08. The number of carbonyl (C=O) groups excluding carboxylic acids is 3. The van der Waals surface area contributed by atoms with Gasteiger partial charge in [-0.15, -0.1) is 0 Å². The fraction of sp³-hybridized carbons (Fsp3) is 0.389. The zero-order valence-electron chi connectivity index (χ0n) is 24.9. The first-order valence-electron chi connectivity index (χ1n) is 15.5. The summed E-state index contributed by atoms with van der Waals surface area (Å²) in [4.78, 5) is 53.2. The van der Waals surface area contributed by atoms with Crippen LogP contribution in [0, 0.1) is 22.7 Å². The SMILES string of the molecule is CC12C(=O)C(C)(C(c3ccccc3)=C1c1ccccc1)C1C(=O)N(CCCCN3CCN(c4ccccn4)CC3)C(=O)C12. The lowest BCUT2D eigenvalue weighted by atomic mass is 9.63. The lowest BCUT2D eigenvalue weighted by molar-refractivity contribution is -0.144. The molecule has 3 fully saturated rings. The van der Waals surface area contributed by atoms with Gasteiger partial charge in [-0.25, -0.2) is 4.98 Å². The zero-order valence-corrected chi connectivity index (χ0v) is 24.9. The monoisotopic (exact) mass is 574 g/mol. The quantitative estimate of drug-likeness (QED) is 0.284. The summed E-state index contributed by atoms with van der Waals surface area (Å²) in [5.41, 5.74) is 1.59. The standard InChI is InChI=1S/C36H38N4O3/c1-35-28(25-13-5-3-6-14-25)29(26-15-7-4-8-16-26)36(2,34(35)43)31-30(35)32(41)40(33(31)42)20-12-11-19-38-21-23-39(24-22-38)27-17-9-10-18-37-27/h3-10,13-18,30-31H,11-12,19-24H2,1-2H3. The minimum atomic E-state index is -1.05. The molecule has 4 atom stereocenters. The van der Waals surface area contributed by atoms with E-state index in [2.05, 4.69) is 20.9 Å². The second-order valence-corrected chi connectivity index (χ2v) is 12.7. The van der Waals surface area contributed by atoms with Gasteiger partial charge >= 0.3 is 0 Å². The topological polar surface area (TPSA) is 73.8 Å². The molecule has 1 aromatic heterocycles. The molecule has 43 heavy (non-hydrogen) atoms. The first kappa shape index (κ1) is 27.7. The summed E-state index contributed by atoms with van der Waals surface area (Å²) >= 11 is 0. The van der Waals surface area contributed by atoms with Crippen LogP contribution in [0.1, 0.15) is 37.8 Å². The Bertz CT molecular complexity index is 1500. The maximum absolute atomic E-state index is 14.4. The number of unbranched alkanes of at least 4 members (excludes halogenated alkanes) is 1. The molecule has 0 spiro atoms. The largest absolute Gasteiger partial charge is 0.354 e. The third kappa shape index (κ3) is 4.12. The van der Waals surface area contributed by atoms with Crippen molar-refractivity contribution in [3.8, 4) is 0 Å². The number of ketones is 1. The van der Waals surface area contributed by atoms with Crippen LogP contribution in [0.15, 0.2) is 85.1 Å². The number of benzene rings is 2. The van der Waals surface area contributed by atoms with Gasteiger partial charge in [0.2, 0.25) is 11.8 Å². The third-order valence-electron chi connectivity index (χ3n) is 10.5. The van der Waals surface area contributed by atoms with Crippen molar-refractivity contribution in [1.29, 1.82) is 0 Å². The number of rotatable bonds is 8. The van der Waals surface area contributed by atoms with E-state index in [0.29, 0.717) is 6.54 Å². The highest BCUT2D eigenvalue weighted by Crippen LogP contribution is 2.73. The number of amides is 2. The van der Waals surface area contributed by atoms with Gasteiger partial charge in [0.15, 0.2) is 5.78 Å². The number of anilines is 1. The van der Waals surface area contributed by atoms with E-state index in [9.17, 15) is 14.4 Å². The normalized spacial score (nSPS) is 28.7. The molecule has 4 unspecified atom stereocenters. The molecule has 220 valence electrons. The van der Waals surface area contributed by atoms with Crippen LogP contribution in [0.2, 0.25) is 0 Å². The number of allylic oxidation sites excluding steroid dienone is 2. The molecule has 3 aromatic rings. The number of carbonyl (C=O) groups is 3. The lowest BCUT2D eigenvalue weighted by Crippen LogP contribution is -2.47. The summed E-state index contributed by atoms with van der Waals surface area (Å²) < 4.78 is 0. The van der Waals surface area contributed by atoms with E-state index < -0.39 is 22.7 Å². The summed E-state index contributed by atoms with van der Waals surface area (Å²) in [6.07, 6.45) is 3.50. The predicted molar refractivity (Wildman–Crippen MR) is 167 cm³/mol. The molecule has 4 aliphatic rings. The Morgan fingerprint density at radius 2 is 1.19 bits per heavy atom. The number of hydrogen-bond donors (Lipinski definition) is 0. The van der Waals surface area contributed by atoms with Gasteiger partial charge in [0.05, 0.1) is 22.7 Å². The molecule has 3 heterocycles. The smallest absolute Gasteiger partial charge is 0.234 e. The number of piperazine rings is 1. The number of Topliss-reactive ketones (excluding diaryl/α,β-unsaturated/α-hetero) is 1. The number of aromatic nitrogens is 1. The average molecular weight is 575 g/mol. The summed E-state index contributed by atoms with van der Waals surface area (Å²) in [6.45, 7) is 8.98. The zero-order chi connectivity index (χ0) is 29.8. The van der Waals surface area contributed by atoms with Crippen molar-refractivity contribution in [1.82, 2.24) is 14.8 Å². The molecule has 2 bridgehead atoms. The Labute approximate surface area is 253 Å². The summed E-state index contributed by atoms with van der Waals surface area (Å²) in [7, 11) is 0. The number of hydrogen-bond acceptors (Lipinski definition) is 6. The van der Waals surface area contributed by atoms with Crippen molar-refractivity contribution < 1.29 is 14.4 Å². The van der Waals surface area contributed by atoms with E-state index in [1.807, 2.05) is 92.8 Å². The highest BCUT2D eigenvalue weighted by Gasteiger charge is 2.78. The van der Waals surface area contributed by atoms with Crippen LogP contribution in [-0.4, -0.2) is 71.6 Å². The second kappa shape index (κ2) is 10.6. The van der Waals surface area contributed by atoms with Gasteiger partial charge in [-0.3, -0.25) is 24.2 Å². The summed E-state index contributed by atoms with van der Waals surface area (Å²) in [5, 5.41) is 0. The van der Waals surface area contributed by atoms with E-state index in [1.165, 1.54) is 4.90 Å². The van der Waals surface area contributed by atoms with Crippen molar-refractivity contribution in [2.24, 2.45) is 22.7 Å². The van der Waals surface area contributed by atoms with Crippen molar-refractivity contribution in [3.63, 3.8) is 0 Å². The predicted octanol–water partition coefficient (Wildman–Crippen LogP) is 4.80. The van der Waals surface area contributed by atoms with E-state index >= 15 is 0 Å². The second-order valence-electron chi connectivity index (χ2n) is 12.7. The highest BCUT2D eigenvalue weighted by molar-refractivity contribution is 6.29. The van der Waals surface area contributed by atoms with E-state index in [4.69, 9.17) is 0 Å². The number of pyridine rings is 1. The van der Waals surface area contributed by atoms with E-state index in [1.54, 1.807) is 0 Å². The molecule has 0 radical (unpaired) electrons.